The fourth-order valence-electron chi connectivity index (χ4n) is 2.47. The minimum atomic E-state index is 0.486. The molecule has 5 heteroatoms. The Morgan fingerprint density at radius 1 is 0.875 bits per heavy atom. The molecule has 0 fully saturated rings. The number of rotatable bonds is 4. The van der Waals surface area contributed by atoms with Crippen molar-refractivity contribution in [3.8, 4) is 0 Å². The zero-order valence-corrected chi connectivity index (χ0v) is 14.1. The SMILES string of the molecule is Cc1cccc(Nc2ncnc(Nc3cccc(C)c3C)c2N)c1. The number of nitrogens with one attached hydrogen (secondary N) is 2. The van der Waals surface area contributed by atoms with Gasteiger partial charge in [-0.15, -0.1) is 0 Å². The molecule has 0 aliphatic rings. The third-order valence-electron chi connectivity index (χ3n) is 4.02. The number of nitrogens with zero attached hydrogens (tertiary/aromatic N) is 2. The van der Waals surface area contributed by atoms with Crippen molar-refractivity contribution in [3.63, 3.8) is 0 Å². The van der Waals surface area contributed by atoms with Gasteiger partial charge in [0, 0.05) is 11.4 Å². The van der Waals surface area contributed by atoms with Gasteiger partial charge >= 0.3 is 0 Å². The van der Waals surface area contributed by atoms with Gasteiger partial charge in [0.05, 0.1) is 0 Å². The molecule has 3 rings (SSSR count). The molecule has 122 valence electrons. The van der Waals surface area contributed by atoms with Gasteiger partial charge in [0.25, 0.3) is 0 Å². The molecule has 0 aliphatic carbocycles. The van der Waals surface area contributed by atoms with Crippen LogP contribution in [0.3, 0.4) is 0 Å². The Labute approximate surface area is 142 Å². The molecule has 0 aliphatic heterocycles. The van der Waals surface area contributed by atoms with Gasteiger partial charge in [0.1, 0.15) is 12.0 Å². The second kappa shape index (κ2) is 6.58. The van der Waals surface area contributed by atoms with E-state index in [2.05, 4.69) is 40.5 Å². The maximum atomic E-state index is 6.26. The Morgan fingerprint density at radius 2 is 1.58 bits per heavy atom. The van der Waals surface area contributed by atoms with Crippen molar-refractivity contribution in [3.05, 3.63) is 65.5 Å². The molecule has 0 radical (unpaired) electrons. The van der Waals surface area contributed by atoms with Gasteiger partial charge in [-0.1, -0.05) is 24.3 Å². The van der Waals surface area contributed by atoms with Crippen LogP contribution in [0.1, 0.15) is 16.7 Å². The van der Waals surface area contributed by atoms with E-state index in [0.29, 0.717) is 17.3 Å². The van der Waals surface area contributed by atoms with Crippen LogP contribution in [0.5, 0.6) is 0 Å². The zero-order valence-electron chi connectivity index (χ0n) is 14.1. The molecule has 0 atom stereocenters. The van der Waals surface area contributed by atoms with Crippen LogP contribution in [0.2, 0.25) is 0 Å². The summed E-state index contributed by atoms with van der Waals surface area (Å²) in [6, 6.07) is 14.2. The second-order valence-electron chi connectivity index (χ2n) is 5.85. The topological polar surface area (TPSA) is 75.9 Å². The molecule has 0 amide bonds. The van der Waals surface area contributed by atoms with Crippen molar-refractivity contribution in [2.75, 3.05) is 16.4 Å². The third-order valence-corrected chi connectivity index (χ3v) is 4.02. The molecular formula is C19H21N5. The highest BCUT2D eigenvalue weighted by atomic mass is 15.1. The molecule has 2 aromatic carbocycles. The molecule has 5 nitrogen and oxygen atoms in total. The highest BCUT2D eigenvalue weighted by Crippen LogP contribution is 2.29. The van der Waals surface area contributed by atoms with Crippen molar-refractivity contribution < 1.29 is 0 Å². The van der Waals surface area contributed by atoms with Gasteiger partial charge in [0.15, 0.2) is 11.6 Å². The number of hydrogen-bond acceptors (Lipinski definition) is 5. The van der Waals surface area contributed by atoms with Crippen molar-refractivity contribution in [1.82, 2.24) is 9.97 Å². The van der Waals surface area contributed by atoms with Gasteiger partial charge < -0.3 is 16.4 Å². The van der Waals surface area contributed by atoms with Crippen molar-refractivity contribution in [2.45, 2.75) is 20.8 Å². The molecule has 0 saturated heterocycles. The Kier molecular flexibility index (Phi) is 4.33. The number of anilines is 5. The summed E-state index contributed by atoms with van der Waals surface area (Å²) in [6.45, 7) is 6.19. The molecule has 24 heavy (non-hydrogen) atoms. The van der Waals surface area contributed by atoms with Gasteiger partial charge in [0.2, 0.25) is 0 Å². The van der Waals surface area contributed by atoms with Gasteiger partial charge in [-0.3, -0.25) is 0 Å². The average Bonchev–Trinajstić information content (AvgIpc) is 2.55. The predicted molar refractivity (Wildman–Crippen MR) is 100 cm³/mol. The summed E-state index contributed by atoms with van der Waals surface area (Å²) < 4.78 is 0. The van der Waals surface area contributed by atoms with Crippen LogP contribution in [0.4, 0.5) is 28.7 Å². The summed E-state index contributed by atoms with van der Waals surface area (Å²) in [4.78, 5) is 8.54. The molecule has 1 aromatic heterocycles. The molecule has 1 heterocycles. The Balaban J connectivity index is 1.89. The standard InChI is InChI=1S/C19H21N5/c1-12-6-4-8-15(10-12)23-18-17(20)19(22-11-21-18)24-16-9-5-7-13(2)14(16)3/h4-11H,20H2,1-3H3,(H2,21,22,23,24). The average molecular weight is 319 g/mol. The van der Waals surface area contributed by atoms with Crippen molar-refractivity contribution in [2.24, 2.45) is 0 Å². The molecule has 0 spiro atoms. The number of benzene rings is 2. The first-order valence-electron chi connectivity index (χ1n) is 7.82. The van der Waals surface area contributed by atoms with E-state index in [1.807, 2.05) is 43.3 Å². The Hall–Kier alpha value is -3.08. The van der Waals surface area contributed by atoms with E-state index in [-0.39, 0.29) is 0 Å². The maximum absolute atomic E-state index is 6.26. The van der Waals surface area contributed by atoms with Crippen LogP contribution >= 0.6 is 0 Å². The third kappa shape index (κ3) is 3.30. The summed E-state index contributed by atoms with van der Waals surface area (Å²) in [5.41, 5.74) is 12.2. The van der Waals surface area contributed by atoms with Crippen LogP contribution < -0.4 is 16.4 Å². The highest BCUT2D eigenvalue weighted by molar-refractivity contribution is 5.80. The van der Waals surface area contributed by atoms with Gasteiger partial charge in [-0.2, -0.15) is 0 Å². The molecule has 3 aromatic rings. The van der Waals surface area contributed by atoms with Crippen LogP contribution in [0.25, 0.3) is 0 Å². The van der Waals surface area contributed by atoms with Crippen molar-refractivity contribution in [1.29, 1.82) is 0 Å². The van der Waals surface area contributed by atoms with E-state index in [1.165, 1.54) is 23.0 Å². The van der Waals surface area contributed by atoms with Gasteiger partial charge in [-0.25, -0.2) is 9.97 Å². The summed E-state index contributed by atoms with van der Waals surface area (Å²) in [7, 11) is 0. The number of nitrogens with two attached hydrogens (primary N) is 1. The fourth-order valence-corrected chi connectivity index (χ4v) is 2.47. The van der Waals surface area contributed by atoms with Crippen LogP contribution in [0, 0.1) is 20.8 Å². The summed E-state index contributed by atoms with van der Waals surface area (Å²) in [5, 5.41) is 6.55. The molecular weight excluding hydrogens is 298 g/mol. The number of aromatic nitrogens is 2. The van der Waals surface area contributed by atoms with Crippen LogP contribution in [0.15, 0.2) is 48.8 Å². The lowest BCUT2D eigenvalue weighted by atomic mass is 10.1. The van der Waals surface area contributed by atoms with E-state index < -0.39 is 0 Å². The maximum Gasteiger partial charge on any atom is 0.159 e. The largest absolute Gasteiger partial charge is 0.393 e. The lowest BCUT2D eigenvalue weighted by Gasteiger charge is -2.15. The Bertz CT molecular complexity index is 873. The number of hydrogen-bond donors (Lipinski definition) is 3. The minimum Gasteiger partial charge on any atom is -0.393 e. The van der Waals surface area contributed by atoms with E-state index >= 15 is 0 Å². The summed E-state index contributed by atoms with van der Waals surface area (Å²) in [6.07, 6.45) is 1.50. The predicted octanol–water partition coefficient (Wildman–Crippen LogP) is 4.47. The normalized spacial score (nSPS) is 10.5. The van der Waals surface area contributed by atoms with Gasteiger partial charge in [-0.05, 0) is 55.7 Å². The highest BCUT2D eigenvalue weighted by Gasteiger charge is 2.10. The van der Waals surface area contributed by atoms with E-state index in [9.17, 15) is 0 Å². The quantitative estimate of drug-likeness (QED) is 0.661. The minimum absolute atomic E-state index is 0.486. The lowest BCUT2D eigenvalue weighted by molar-refractivity contribution is 1.17. The monoisotopic (exact) mass is 319 g/mol. The first-order chi connectivity index (χ1) is 11.5. The molecule has 4 N–H and O–H groups in total. The summed E-state index contributed by atoms with van der Waals surface area (Å²) >= 11 is 0. The molecule has 0 bridgehead atoms. The molecule has 0 saturated carbocycles. The number of nitrogen functional groups attached to an aromatic ring is 1. The summed E-state index contributed by atoms with van der Waals surface area (Å²) in [5.74, 6) is 1.18. The smallest absolute Gasteiger partial charge is 0.159 e. The van der Waals surface area contributed by atoms with E-state index in [1.54, 1.807) is 0 Å². The molecule has 0 unspecified atom stereocenters. The van der Waals surface area contributed by atoms with E-state index in [4.69, 9.17) is 5.73 Å². The van der Waals surface area contributed by atoms with Crippen LogP contribution in [-0.4, -0.2) is 9.97 Å². The number of aryl methyl sites for hydroxylation is 2. The first-order valence-corrected chi connectivity index (χ1v) is 7.82. The van der Waals surface area contributed by atoms with Crippen LogP contribution in [-0.2, 0) is 0 Å². The van der Waals surface area contributed by atoms with E-state index in [0.717, 1.165) is 11.4 Å². The first kappa shape index (κ1) is 15.8. The zero-order chi connectivity index (χ0) is 17.1. The Morgan fingerprint density at radius 3 is 2.33 bits per heavy atom. The lowest BCUT2D eigenvalue weighted by Crippen LogP contribution is -2.06. The second-order valence-corrected chi connectivity index (χ2v) is 5.85. The van der Waals surface area contributed by atoms with Crippen molar-refractivity contribution >= 4 is 28.7 Å². The fraction of sp³-hybridized carbons (Fsp3) is 0.158.